The summed E-state index contributed by atoms with van der Waals surface area (Å²) in [5.41, 5.74) is 0.915. The van der Waals surface area contributed by atoms with Crippen LogP contribution < -0.4 is 10.1 Å². The summed E-state index contributed by atoms with van der Waals surface area (Å²) >= 11 is 0. The Kier molecular flexibility index (Phi) is 4.04. The number of rotatable bonds is 6. The minimum atomic E-state index is -0.975. The Balaban J connectivity index is 1.84. The molecular formula is C14H17NO4. The first-order valence-electron chi connectivity index (χ1n) is 6.29. The molecule has 1 saturated carbocycles. The van der Waals surface area contributed by atoms with Crippen LogP contribution in [0.2, 0.25) is 0 Å². The minimum absolute atomic E-state index is 0.0417. The zero-order valence-corrected chi connectivity index (χ0v) is 10.8. The van der Waals surface area contributed by atoms with E-state index in [1.807, 2.05) is 0 Å². The highest BCUT2D eigenvalue weighted by molar-refractivity contribution is 5.88. The first-order valence-corrected chi connectivity index (χ1v) is 6.29. The Morgan fingerprint density at radius 2 is 2.16 bits per heavy atom. The number of benzene rings is 1. The van der Waals surface area contributed by atoms with Crippen LogP contribution in [0.25, 0.3) is 0 Å². The van der Waals surface area contributed by atoms with Gasteiger partial charge in [0.15, 0.2) is 6.61 Å². The fourth-order valence-electron chi connectivity index (χ4n) is 1.72. The largest absolute Gasteiger partial charge is 0.484 e. The van der Waals surface area contributed by atoms with E-state index in [1.54, 1.807) is 13.0 Å². The highest BCUT2D eigenvalue weighted by Crippen LogP contribution is 2.27. The van der Waals surface area contributed by atoms with Crippen molar-refractivity contribution in [2.75, 3.05) is 13.2 Å². The van der Waals surface area contributed by atoms with E-state index in [0.717, 1.165) is 6.54 Å². The van der Waals surface area contributed by atoms with Crippen molar-refractivity contribution in [2.24, 2.45) is 5.92 Å². The second-order valence-electron chi connectivity index (χ2n) is 4.82. The molecule has 2 rings (SSSR count). The highest BCUT2D eigenvalue weighted by Gasteiger charge is 2.21. The van der Waals surface area contributed by atoms with E-state index in [9.17, 15) is 9.59 Å². The molecule has 0 atom stereocenters. The Morgan fingerprint density at radius 1 is 1.42 bits per heavy atom. The Morgan fingerprint density at radius 3 is 2.74 bits per heavy atom. The summed E-state index contributed by atoms with van der Waals surface area (Å²) in [6, 6.07) is 4.57. The van der Waals surface area contributed by atoms with Crippen LogP contribution in [0.5, 0.6) is 5.75 Å². The molecule has 5 heteroatoms. The lowest BCUT2D eigenvalue weighted by molar-refractivity contribution is -0.123. The lowest BCUT2D eigenvalue weighted by Crippen LogP contribution is -2.30. The van der Waals surface area contributed by atoms with Crippen LogP contribution in [-0.2, 0) is 4.79 Å². The molecule has 102 valence electrons. The average Bonchev–Trinajstić information content (AvgIpc) is 3.18. The second kappa shape index (κ2) is 5.73. The van der Waals surface area contributed by atoms with E-state index in [1.165, 1.54) is 25.0 Å². The van der Waals surface area contributed by atoms with Crippen LogP contribution >= 0.6 is 0 Å². The lowest BCUT2D eigenvalue weighted by Gasteiger charge is -2.09. The number of aromatic carboxylic acids is 1. The molecule has 1 fully saturated rings. The van der Waals surface area contributed by atoms with Gasteiger partial charge >= 0.3 is 5.97 Å². The van der Waals surface area contributed by atoms with Crippen LogP contribution in [0, 0.1) is 12.8 Å². The number of hydrogen-bond donors (Lipinski definition) is 2. The minimum Gasteiger partial charge on any atom is -0.484 e. The van der Waals surface area contributed by atoms with Gasteiger partial charge in [0, 0.05) is 6.54 Å². The number of carbonyl (C=O) groups excluding carboxylic acids is 1. The molecule has 1 amide bonds. The normalized spacial score (nSPS) is 13.9. The van der Waals surface area contributed by atoms with E-state index in [2.05, 4.69) is 5.32 Å². The Bertz CT molecular complexity index is 494. The summed E-state index contributed by atoms with van der Waals surface area (Å²) in [6.45, 7) is 2.43. The van der Waals surface area contributed by atoms with Crippen molar-refractivity contribution in [3.63, 3.8) is 0 Å². The number of nitrogens with one attached hydrogen (secondary N) is 1. The number of aryl methyl sites for hydroxylation is 1. The smallest absolute Gasteiger partial charge is 0.335 e. The number of carboxylic acids is 1. The molecule has 1 aromatic carbocycles. The maximum absolute atomic E-state index is 11.5. The number of amides is 1. The maximum Gasteiger partial charge on any atom is 0.335 e. The molecule has 0 saturated heterocycles. The van der Waals surface area contributed by atoms with E-state index in [0.29, 0.717) is 17.2 Å². The van der Waals surface area contributed by atoms with Crippen molar-refractivity contribution in [1.29, 1.82) is 0 Å². The average molecular weight is 263 g/mol. The fraction of sp³-hybridized carbons (Fsp3) is 0.429. The molecule has 0 spiro atoms. The van der Waals surface area contributed by atoms with Gasteiger partial charge in [-0.05, 0) is 49.4 Å². The topological polar surface area (TPSA) is 75.6 Å². The first-order chi connectivity index (χ1) is 9.06. The second-order valence-corrected chi connectivity index (χ2v) is 4.82. The zero-order valence-electron chi connectivity index (χ0n) is 10.8. The van der Waals surface area contributed by atoms with Crippen molar-refractivity contribution in [3.8, 4) is 5.75 Å². The van der Waals surface area contributed by atoms with E-state index in [4.69, 9.17) is 9.84 Å². The Labute approximate surface area is 111 Å². The highest BCUT2D eigenvalue weighted by atomic mass is 16.5. The number of ether oxygens (including phenoxy) is 1. The third-order valence-corrected chi connectivity index (χ3v) is 3.07. The Hall–Kier alpha value is -2.04. The van der Waals surface area contributed by atoms with Gasteiger partial charge in [0.1, 0.15) is 5.75 Å². The van der Waals surface area contributed by atoms with Gasteiger partial charge in [-0.25, -0.2) is 4.79 Å². The van der Waals surface area contributed by atoms with Crippen molar-refractivity contribution in [1.82, 2.24) is 5.32 Å². The van der Waals surface area contributed by atoms with Crippen molar-refractivity contribution in [3.05, 3.63) is 29.3 Å². The van der Waals surface area contributed by atoms with Gasteiger partial charge in [-0.1, -0.05) is 0 Å². The molecular weight excluding hydrogens is 246 g/mol. The van der Waals surface area contributed by atoms with Gasteiger partial charge in [0.2, 0.25) is 0 Å². The molecule has 0 unspecified atom stereocenters. The van der Waals surface area contributed by atoms with Gasteiger partial charge in [0.05, 0.1) is 5.56 Å². The van der Waals surface area contributed by atoms with Crippen molar-refractivity contribution >= 4 is 11.9 Å². The van der Waals surface area contributed by atoms with Crippen molar-refractivity contribution < 1.29 is 19.4 Å². The summed E-state index contributed by atoms with van der Waals surface area (Å²) in [6.07, 6.45) is 2.38. The SMILES string of the molecule is Cc1cc(C(=O)O)ccc1OCC(=O)NCC1CC1. The number of carboxylic acid groups (broad SMARTS) is 1. The molecule has 2 N–H and O–H groups in total. The summed E-state index contributed by atoms with van der Waals surface area (Å²) in [4.78, 5) is 22.3. The lowest BCUT2D eigenvalue weighted by atomic mass is 10.1. The van der Waals surface area contributed by atoms with Crippen LogP contribution in [0.1, 0.15) is 28.8 Å². The summed E-state index contributed by atoms with van der Waals surface area (Å²) in [7, 11) is 0. The molecule has 0 aliphatic heterocycles. The predicted molar refractivity (Wildman–Crippen MR) is 69.4 cm³/mol. The first kappa shape index (κ1) is 13.4. The molecule has 0 bridgehead atoms. The monoisotopic (exact) mass is 263 g/mol. The predicted octanol–water partition coefficient (Wildman–Crippen LogP) is 1.60. The molecule has 0 heterocycles. The molecule has 1 aromatic rings. The summed E-state index contributed by atoms with van der Waals surface area (Å²) < 4.78 is 5.38. The van der Waals surface area contributed by atoms with Crippen molar-refractivity contribution in [2.45, 2.75) is 19.8 Å². The van der Waals surface area contributed by atoms with Gasteiger partial charge in [-0.2, -0.15) is 0 Å². The maximum atomic E-state index is 11.5. The third kappa shape index (κ3) is 3.98. The standard InChI is InChI=1S/C14H17NO4/c1-9-6-11(14(17)18)4-5-12(9)19-8-13(16)15-7-10-2-3-10/h4-6,10H,2-3,7-8H2,1H3,(H,15,16)(H,17,18). The van der Waals surface area contributed by atoms with Crippen LogP contribution in [0.15, 0.2) is 18.2 Å². The molecule has 1 aliphatic rings. The molecule has 0 radical (unpaired) electrons. The molecule has 0 aromatic heterocycles. The van der Waals surface area contributed by atoms with Crippen LogP contribution in [0.4, 0.5) is 0 Å². The number of hydrogen-bond acceptors (Lipinski definition) is 3. The third-order valence-electron chi connectivity index (χ3n) is 3.07. The van der Waals surface area contributed by atoms with E-state index < -0.39 is 5.97 Å². The van der Waals surface area contributed by atoms with E-state index in [-0.39, 0.29) is 18.1 Å². The van der Waals surface area contributed by atoms with E-state index >= 15 is 0 Å². The van der Waals surface area contributed by atoms with Gasteiger partial charge in [-0.3, -0.25) is 4.79 Å². The van der Waals surface area contributed by atoms with Crippen LogP contribution in [0.3, 0.4) is 0 Å². The van der Waals surface area contributed by atoms with Gasteiger partial charge in [-0.15, -0.1) is 0 Å². The molecule has 19 heavy (non-hydrogen) atoms. The fourth-order valence-corrected chi connectivity index (χ4v) is 1.72. The summed E-state index contributed by atoms with van der Waals surface area (Å²) in [5, 5.41) is 11.6. The van der Waals surface area contributed by atoms with Gasteiger partial charge < -0.3 is 15.2 Å². The van der Waals surface area contributed by atoms with Crippen LogP contribution in [-0.4, -0.2) is 30.1 Å². The summed E-state index contributed by atoms with van der Waals surface area (Å²) in [5.74, 6) is 0.0533. The van der Waals surface area contributed by atoms with Gasteiger partial charge in [0.25, 0.3) is 5.91 Å². The number of carbonyl (C=O) groups is 2. The quantitative estimate of drug-likeness (QED) is 0.817. The molecule has 1 aliphatic carbocycles. The zero-order chi connectivity index (χ0) is 13.8. The molecule has 5 nitrogen and oxygen atoms in total.